The molecule has 4 heteroatoms. The summed E-state index contributed by atoms with van der Waals surface area (Å²) < 4.78 is 10.9. The lowest BCUT2D eigenvalue weighted by molar-refractivity contribution is -0.167. The van der Waals surface area contributed by atoms with Gasteiger partial charge in [0.2, 0.25) is 0 Å². The molecule has 2 aromatic rings. The molecule has 22 heavy (non-hydrogen) atoms. The molecule has 0 unspecified atom stereocenters. The number of esters is 2. The van der Waals surface area contributed by atoms with Crippen molar-refractivity contribution in [2.45, 2.75) is 26.1 Å². The van der Waals surface area contributed by atoms with Gasteiger partial charge in [-0.15, -0.1) is 0 Å². The molecule has 0 bridgehead atoms. The third-order valence-electron chi connectivity index (χ3n) is 3.69. The first-order chi connectivity index (χ1) is 10.6. The summed E-state index contributed by atoms with van der Waals surface area (Å²) >= 11 is 0. The summed E-state index contributed by atoms with van der Waals surface area (Å²) in [5.41, 5.74) is 3.69. The fourth-order valence-corrected chi connectivity index (χ4v) is 2.92. The Balaban J connectivity index is 2.19. The van der Waals surface area contributed by atoms with E-state index in [0.29, 0.717) is 0 Å². The monoisotopic (exact) mass is 296 g/mol. The summed E-state index contributed by atoms with van der Waals surface area (Å²) in [5, 5.41) is 0. The van der Waals surface area contributed by atoms with Crippen LogP contribution in [-0.4, -0.2) is 11.9 Å². The summed E-state index contributed by atoms with van der Waals surface area (Å²) in [7, 11) is 0. The Bertz CT molecular complexity index is 672. The molecule has 0 saturated carbocycles. The zero-order valence-corrected chi connectivity index (χ0v) is 12.4. The van der Waals surface area contributed by atoms with Crippen molar-refractivity contribution in [2.24, 2.45) is 0 Å². The predicted molar refractivity (Wildman–Crippen MR) is 80.9 cm³/mol. The molecule has 112 valence electrons. The highest BCUT2D eigenvalue weighted by molar-refractivity contribution is 5.77. The minimum absolute atomic E-state index is 0.406. The van der Waals surface area contributed by atoms with Gasteiger partial charge in [0, 0.05) is 25.0 Å². The number of carbonyl (C=O) groups excluding carboxylic acids is 2. The molecule has 2 aromatic carbocycles. The van der Waals surface area contributed by atoms with Crippen molar-refractivity contribution in [3.8, 4) is 11.1 Å². The molecule has 0 heterocycles. The Labute approximate surface area is 128 Å². The maximum absolute atomic E-state index is 11.5. The second-order valence-corrected chi connectivity index (χ2v) is 5.23. The van der Waals surface area contributed by atoms with E-state index in [4.69, 9.17) is 9.47 Å². The van der Waals surface area contributed by atoms with Gasteiger partial charge in [-0.05, 0) is 11.1 Å². The number of hydrogen-bond donors (Lipinski definition) is 0. The van der Waals surface area contributed by atoms with E-state index >= 15 is 0 Å². The molecule has 2 atom stereocenters. The molecule has 0 N–H and O–H groups in total. The van der Waals surface area contributed by atoms with Crippen molar-refractivity contribution in [3.63, 3.8) is 0 Å². The molecule has 3 rings (SSSR count). The van der Waals surface area contributed by atoms with Crippen LogP contribution in [0.3, 0.4) is 0 Å². The van der Waals surface area contributed by atoms with Crippen LogP contribution >= 0.6 is 0 Å². The van der Waals surface area contributed by atoms with Gasteiger partial charge in [0.25, 0.3) is 0 Å². The zero-order chi connectivity index (χ0) is 15.7. The fraction of sp³-hybridized carbons (Fsp3) is 0.222. The predicted octanol–water partition coefficient (Wildman–Crippen LogP) is 3.58. The van der Waals surface area contributed by atoms with Crippen LogP contribution in [0.1, 0.15) is 37.2 Å². The number of ether oxygens (including phenoxy) is 2. The fourth-order valence-electron chi connectivity index (χ4n) is 2.92. The van der Waals surface area contributed by atoms with Gasteiger partial charge >= 0.3 is 11.9 Å². The molecule has 0 aromatic heterocycles. The topological polar surface area (TPSA) is 52.6 Å². The minimum Gasteiger partial charge on any atom is -0.453 e. The zero-order valence-electron chi connectivity index (χ0n) is 12.4. The van der Waals surface area contributed by atoms with Gasteiger partial charge in [-0.3, -0.25) is 9.59 Å². The van der Waals surface area contributed by atoms with E-state index in [2.05, 4.69) is 0 Å². The Morgan fingerprint density at radius 1 is 0.727 bits per heavy atom. The van der Waals surface area contributed by atoms with Crippen LogP contribution in [0.4, 0.5) is 0 Å². The summed E-state index contributed by atoms with van der Waals surface area (Å²) in [6.45, 7) is 2.71. The Hall–Kier alpha value is -2.62. The molecule has 4 nitrogen and oxygen atoms in total. The van der Waals surface area contributed by atoms with Crippen LogP contribution in [0.5, 0.6) is 0 Å². The average molecular weight is 296 g/mol. The van der Waals surface area contributed by atoms with E-state index in [0.717, 1.165) is 22.3 Å². The highest BCUT2D eigenvalue weighted by Gasteiger charge is 2.37. The highest BCUT2D eigenvalue weighted by atomic mass is 16.6. The smallest absolute Gasteiger partial charge is 0.303 e. The van der Waals surface area contributed by atoms with E-state index in [-0.39, 0.29) is 0 Å². The Morgan fingerprint density at radius 3 is 1.45 bits per heavy atom. The molecule has 0 radical (unpaired) electrons. The Morgan fingerprint density at radius 2 is 1.09 bits per heavy atom. The summed E-state index contributed by atoms with van der Waals surface area (Å²) in [4.78, 5) is 23.0. The highest BCUT2D eigenvalue weighted by Crippen LogP contribution is 2.47. The first-order valence-corrected chi connectivity index (χ1v) is 7.10. The number of fused-ring (bicyclic) bond motifs is 3. The standard InChI is InChI=1S/C18H16O4/c1-11(19)21-17-15-9-5-3-7-13(15)14-8-4-6-10-16(14)18(17)22-12(2)20/h3-10,17-18H,1-2H3/t17-,18-/m1/s1. The maximum atomic E-state index is 11.5. The number of rotatable bonds is 2. The number of benzene rings is 2. The van der Waals surface area contributed by atoms with E-state index < -0.39 is 24.1 Å². The van der Waals surface area contributed by atoms with E-state index in [1.807, 2.05) is 48.5 Å². The normalized spacial score (nSPS) is 18.8. The minimum atomic E-state index is -0.632. The molecular weight excluding hydrogens is 280 g/mol. The Kier molecular flexibility index (Phi) is 3.67. The third-order valence-corrected chi connectivity index (χ3v) is 3.69. The van der Waals surface area contributed by atoms with E-state index in [9.17, 15) is 9.59 Å². The summed E-state index contributed by atoms with van der Waals surface area (Å²) in [5.74, 6) is -0.812. The van der Waals surface area contributed by atoms with Crippen molar-refractivity contribution in [3.05, 3.63) is 59.7 Å². The quantitative estimate of drug-likeness (QED) is 0.795. The summed E-state index contributed by atoms with van der Waals surface area (Å²) in [6.07, 6.45) is -1.26. The van der Waals surface area contributed by atoms with Crippen molar-refractivity contribution in [2.75, 3.05) is 0 Å². The van der Waals surface area contributed by atoms with Crippen molar-refractivity contribution < 1.29 is 19.1 Å². The molecular formula is C18H16O4. The first-order valence-electron chi connectivity index (χ1n) is 7.10. The second-order valence-electron chi connectivity index (χ2n) is 5.23. The van der Waals surface area contributed by atoms with Gasteiger partial charge < -0.3 is 9.47 Å². The van der Waals surface area contributed by atoms with Crippen LogP contribution in [-0.2, 0) is 19.1 Å². The molecule has 0 saturated heterocycles. The van der Waals surface area contributed by atoms with Gasteiger partial charge in [-0.25, -0.2) is 0 Å². The largest absolute Gasteiger partial charge is 0.453 e. The molecule has 0 amide bonds. The molecule has 0 spiro atoms. The first kappa shape index (κ1) is 14.3. The lowest BCUT2D eigenvalue weighted by atomic mass is 9.82. The molecule has 0 fully saturated rings. The van der Waals surface area contributed by atoms with Crippen molar-refractivity contribution >= 4 is 11.9 Å². The van der Waals surface area contributed by atoms with Crippen LogP contribution in [0.25, 0.3) is 11.1 Å². The van der Waals surface area contributed by atoms with Crippen LogP contribution in [0.15, 0.2) is 48.5 Å². The lowest BCUT2D eigenvalue weighted by Gasteiger charge is -2.34. The van der Waals surface area contributed by atoms with Gasteiger partial charge in [0.05, 0.1) is 0 Å². The lowest BCUT2D eigenvalue weighted by Crippen LogP contribution is -2.25. The molecule has 1 aliphatic carbocycles. The van der Waals surface area contributed by atoms with Gasteiger partial charge in [-0.1, -0.05) is 48.5 Å². The van der Waals surface area contributed by atoms with E-state index in [1.165, 1.54) is 13.8 Å². The maximum Gasteiger partial charge on any atom is 0.303 e. The van der Waals surface area contributed by atoms with E-state index in [1.54, 1.807) is 0 Å². The van der Waals surface area contributed by atoms with Gasteiger partial charge in [0.15, 0.2) is 12.2 Å². The van der Waals surface area contributed by atoms with Gasteiger partial charge in [0.1, 0.15) is 0 Å². The van der Waals surface area contributed by atoms with Crippen LogP contribution in [0.2, 0.25) is 0 Å². The molecule has 0 aliphatic heterocycles. The van der Waals surface area contributed by atoms with Crippen LogP contribution in [0, 0.1) is 0 Å². The van der Waals surface area contributed by atoms with Crippen molar-refractivity contribution in [1.29, 1.82) is 0 Å². The van der Waals surface area contributed by atoms with Crippen LogP contribution < -0.4 is 0 Å². The second kappa shape index (κ2) is 5.64. The number of hydrogen-bond acceptors (Lipinski definition) is 4. The summed E-state index contributed by atoms with van der Waals surface area (Å²) in [6, 6.07) is 15.4. The van der Waals surface area contributed by atoms with Gasteiger partial charge in [-0.2, -0.15) is 0 Å². The number of carbonyl (C=O) groups is 2. The van der Waals surface area contributed by atoms with Crippen molar-refractivity contribution in [1.82, 2.24) is 0 Å². The molecule has 1 aliphatic rings. The third kappa shape index (κ3) is 2.48. The SMILES string of the molecule is CC(=O)O[C@@H]1c2ccccc2-c2ccccc2[C@H]1OC(C)=O. The average Bonchev–Trinajstić information content (AvgIpc) is 2.50.